The largest absolute Gasteiger partial charge is 0.357 e. The molecular weight excluding hydrogens is 266 g/mol. The lowest BCUT2D eigenvalue weighted by Crippen LogP contribution is -2.20. The molecule has 0 atom stereocenters. The third-order valence-corrected chi connectivity index (χ3v) is 4.49. The van der Waals surface area contributed by atoms with Gasteiger partial charge >= 0.3 is 0 Å². The summed E-state index contributed by atoms with van der Waals surface area (Å²) in [6.45, 7) is 0.962. The zero-order valence-corrected chi connectivity index (χ0v) is 12.1. The molecule has 0 aliphatic heterocycles. The van der Waals surface area contributed by atoms with E-state index in [4.69, 9.17) is 0 Å². The number of nitrogens with one attached hydrogen (secondary N) is 2. The molecule has 2 aliphatic rings. The maximum Gasteiger partial charge on any atom is 0.257 e. The van der Waals surface area contributed by atoms with Gasteiger partial charge in [-0.3, -0.25) is 0 Å². The minimum absolute atomic E-state index is 0.512. The Hall–Kier alpha value is -2.18. The number of rotatable bonds is 6. The van der Waals surface area contributed by atoms with Crippen molar-refractivity contribution in [1.82, 2.24) is 24.7 Å². The molecule has 2 aromatic heterocycles. The van der Waals surface area contributed by atoms with E-state index in [1.165, 1.54) is 25.7 Å². The molecule has 0 saturated heterocycles. The molecule has 2 aromatic rings. The molecule has 2 aliphatic carbocycles. The molecule has 7 heteroatoms. The molecule has 0 spiro atoms. The normalized spacial score (nSPS) is 19.3. The lowest BCUT2D eigenvalue weighted by Gasteiger charge is -2.15. The minimum Gasteiger partial charge on any atom is -0.357 e. The van der Waals surface area contributed by atoms with Crippen molar-refractivity contribution >= 4 is 11.9 Å². The summed E-state index contributed by atoms with van der Waals surface area (Å²) in [5, 5.41) is 10.5. The quantitative estimate of drug-likeness (QED) is 0.841. The monoisotopic (exact) mass is 285 g/mol. The van der Waals surface area contributed by atoms with Crippen molar-refractivity contribution in [3.63, 3.8) is 0 Å². The van der Waals surface area contributed by atoms with E-state index in [0.717, 1.165) is 12.5 Å². The van der Waals surface area contributed by atoms with Gasteiger partial charge in [-0.25, -0.2) is 4.68 Å². The van der Waals surface area contributed by atoms with Crippen molar-refractivity contribution in [2.45, 2.75) is 25.7 Å². The predicted octanol–water partition coefficient (Wildman–Crippen LogP) is 1.70. The maximum absolute atomic E-state index is 4.46. The summed E-state index contributed by atoms with van der Waals surface area (Å²) >= 11 is 0. The highest BCUT2D eigenvalue weighted by atomic mass is 15.4. The van der Waals surface area contributed by atoms with E-state index in [0.29, 0.717) is 23.3 Å². The van der Waals surface area contributed by atoms with E-state index in [1.54, 1.807) is 17.9 Å². The van der Waals surface area contributed by atoms with Crippen LogP contribution in [0.5, 0.6) is 0 Å². The summed E-state index contributed by atoms with van der Waals surface area (Å²) in [5.74, 6) is 2.61. The second kappa shape index (κ2) is 4.68. The highest BCUT2D eigenvalue weighted by molar-refractivity contribution is 5.38. The van der Waals surface area contributed by atoms with Crippen LogP contribution in [0.15, 0.2) is 18.5 Å². The molecule has 2 saturated carbocycles. The average molecular weight is 285 g/mol. The Kier molecular flexibility index (Phi) is 2.80. The zero-order valence-electron chi connectivity index (χ0n) is 12.1. The number of aromatic nitrogens is 5. The summed E-state index contributed by atoms with van der Waals surface area (Å²) in [6, 6.07) is 1.85. The van der Waals surface area contributed by atoms with Gasteiger partial charge in [-0.1, -0.05) is 0 Å². The number of anilines is 2. The Balaban J connectivity index is 1.55. The van der Waals surface area contributed by atoms with Crippen molar-refractivity contribution in [2.24, 2.45) is 11.3 Å². The number of hydrogen-bond acceptors (Lipinski definition) is 6. The van der Waals surface area contributed by atoms with Crippen molar-refractivity contribution in [1.29, 1.82) is 0 Å². The number of nitrogens with zero attached hydrogens (tertiary/aromatic N) is 5. The fourth-order valence-corrected chi connectivity index (χ4v) is 2.89. The highest BCUT2D eigenvalue weighted by Crippen LogP contribution is 2.61. The molecule has 2 N–H and O–H groups in total. The molecule has 0 bridgehead atoms. The highest BCUT2D eigenvalue weighted by Gasteiger charge is 2.53. The Labute approximate surface area is 123 Å². The van der Waals surface area contributed by atoms with E-state index < -0.39 is 0 Å². The van der Waals surface area contributed by atoms with Gasteiger partial charge in [-0.05, 0) is 43.1 Å². The molecule has 0 amide bonds. The fraction of sp³-hybridized carbons (Fsp3) is 0.571. The first-order chi connectivity index (χ1) is 10.3. The van der Waals surface area contributed by atoms with Gasteiger partial charge in [-0.2, -0.15) is 20.1 Å². The average Bonchev–Trinajstić information content (AvgIpc) is 3.43. The first kappa shape index (κ1) is 12.6. The lowest BCUT2D eigenvalue weighted by molar-refractivity contribution is 0.465. The predicted molar refractivity (Wildman–Crippen MR) is 79.4 cm³/mol. The van der Waals surface area contributed by atoms with Crippen LogP contribution in [-0.4, -0.2) is 38.3 Å². The van der Waals surface area contributed by atoms with E-state index >= 15 is 0 Å². The van der Waals surface area contributed by atoms with Crippen LogP contribution in [0.2, 0.25) is 0 Å². The first-order valence-corrected chi connectivity index (χ1v) is 7.47. The van der Waals surface area contributed by atoms with Gasteiger partial charge in [0.2, 0.25) is 11.9 Å². The molecule has 0 radical (unpaired) electrons. The number of hydrogen-bond donors (Lipinski definition) is 2. The van der Waals surface area contributed by atoms with E-state index in [-0.39, 0.29) is 0 Å². The van der Waals surface area contributed by atoms with Gasteiger partial charge < -0.3 is 10.6 Å². The van der Waals surface area contributed by atoms with Crippen molar-refractivity contribution < 1.29 is 0 Å². The molecule has 2 heterocycles. The second-order valence-electron chi connectivity index (χ2n) is 5.97. The van der Waals surface area contributed by atoms with Crippen LogP contribution in [0.1, 0.15) is 25.7 Å². The molecule has 21 heavy (non-hydrogen) atoms. The lowest BCUT2D eigenvalue weighted by atomic mass is 10.0. The molecule has 110 valence electrons. The maximum atomic E-state index is 4.46. The molecule has 2 fully saturated rings. The second-order valence-corrected chi connectivity index (χ2v) is 5.97. The van der Waals surface area contributed by atoms with Gasteiger partial charge in [-0.15, -0.1) is 0 Å². The van der Waals surface area contributed by atoms with Gasteiger partial charge in [0, 0.05) is 26.0 Å². The zero-order chi connectivity index (χ0) is 14.3. The topological polar surface area (TPSA) is 80.5 Å². The Morgan fingerprint density at radius 3 is 2.67 bits per heavy atom. The van der Waals surface area contributed by atoms with E-state index in [9.17, 15) is 0 Å². The fourth-order valence-electron chi connectivity index (χ4n) is 2.89. The molecule has 7 nitrogen and oxygen atoms in total. The van der Waals surface area contributed by atoms with Crippen LogP contribution in [0.4, 0.5) is 11.9 Å². The molecule has 4 rings (SSSR count). The molecular formula is C14H19N7. The summed E-state index contributed by atoms with van der Waals surface area (Å²) in [4.78, 5) is 13.2. The smallest absolute Gasteiger partial charge is 0.257 e. The van der Waals surface area contributed by atoms with Crippen molar-refractivity contribution in [3.05, 3.63) is 18.5 Å². The van der Waals surface area contributed by atoms with Crippen LogP contribution in [0.25, 0.3) is 5.95 Å². The summed E-state index contributed by atoms with van der Waals surface area (Å²) < 4.78 is 1.64. The van der Waals surface area contributed by atoms with Gasteiger partial charge in [0.25, 0.3) is 5.95 Å². The SMILES string of the molecule is CNc1nc(NCC2(C3CC3)CC2)nc(-n2cccn2)n1. The van der Waals surface area contributed by atoms with Crippen LogP contribution in [0, 0.1) is 11.3 Å². The van der Waals surface area contributed by atoms with Crippen molar-refractivity contribution in [3.8, 4) is 5.95 Å². The first-order valence-electron chi connectivity index (χ1n) is 7.47. The summed E-state index contributed by atoms with van der Waals surface area (Å²) in [7, 11) is 1.80. The summed E-state index contributed by atoms with van der Waals surface area (Å²) in [6.07, 6.45) is 8.98. The Morgan fingerprint density at radius 2 is 2.05 bits per heavy atom. The minimum atomic E-state index is 0.512. The third kappa shape index (κ3) is 2.43. The Morgan fingerprint density at radius 1 is 1.24 bits per heavy atom. The van der Waals surface area contributed by atoms with Crippen LogP contribution in [-0.2, 0) is 0 Å². The van der Waals surface area contributed by atoms with Crippen molar-refractivity contribution in [2.75, 3.05) is 24.2 Å². The van der Waals surface area contributed by atoms with Gasteiger partial charge in [0.15, 0.2) is 0 Å². The van der Waals surface area contributed by atoms with Crippen LogP contribution in [0.3, 0.4) is 0 Å². The molecule has 0 aromatic carbocycles. The molecule has 0 unspecified atom stereocenters. The standard InChI is InChI=1S/C14H19N7/c1-15-11-18-12(16-9-14(5-6-14)10-3-4-10)20-13(19-11)21-8-2-7-17-21/h2,7-8,10H,3-6,9H2,1H3,(H2,15,16,18,19,20). The third-order valence-electron chi connectivity index (χ3n) is 4.49. The Bertz CT molecular complexity index is 629. The van der Waals surface area contributed by atoms with Gasteiger partial charge in [0.1, 0.15) is 0 Å². The summed E-state index contributed by atoms with van der Waals surface area (Å²) in [5.41, 5.74) is 0.512. The van der Waals surface area contributed by atoms with Crippen LogP contribution >= 0.6 is 0 Å². The van der Waals surface area contributed by atoms with E-state index in [2.05, 4.69) is 30.7 Å². The van der Waals surface area contributed by atoms with Crippen LogP contribution < -0.4 is 10.6 Å². The van der Waals surface area contributed by atoms with Gasteiger partial charge in [0.05, 0.1) is 0 Å². The van der Waals surface area contributed by atoms with E-state index in [1.807, 2.05) is 12.3 Å².